The van der Waals surface area contributed by atoms with E-state index in [2.05, 4.69) is 11.4 Å². The fourth-order valence-electron chi connectivity index (χ4n) is 2.32. The molecule has 0 radical (unpaired) electrons. The summed E-state index contributed by atoms with van der Waals surface area (Å²) < 4.78 is 13.4. The zero-order valence-electron chi connectivity index (χ0n) is 11.0. The van der Waals surface area contributed by atoms with Gasteiger partial charge >= 0.3 is 0 Å². The van der Waals surface area contributed by atoms with Crippen LogP contribution in [0.2, 0.25) is 5.02 Å². The lowest BCUT2D eigenvalue weighted by Gasteiger charge is -2.18. The van der Waals surface area contributed by atoms with E-state index in [1.807, 2.05) is 6.08 Å². The summed E-state index contributed by atoms with van der Waals surface area (Å²) >= 11 is 5.62. The second-order valence-electron chi connectivity index (χ2n) is 4.95. The van der Waals surface area contributed by atoms with Crippen LogP contribution < -0.4 is 5.32 Å². The maximum absolute atomic E-state index is 13.4. The number of carbonyl (C=O) groups is 1. The number of rotatable bonds is 5. The minimum Gasteiger partial charge on any atom is -0.394 e. The number of hydrogen-bond donors (Lipinski definition) is 2. The summed E-state index contributed by atoms with van der Waals surface area (Å²) in [6.45, 7) is -0.284. The molecule has 0 saturated heterocycles. The second kappa shape index (κ2) is 6.86. The van der Waals surface area contributed by atoms with Gasteiger partial charge in [-0.2, -0.15) is 0 Å². The van der Waals surface area contributed by atoms with E-state index in [4.69, 9.17) is 11.6 Å². The monoisotopic (exact) mass is 297 g/mol. The highest BCUT2D eigenvalue weighted by atomic mass is 35.5. The van der Waals surface area contributed by atoms with Gasteiger partial charge < -0.3 is 10.4 Å². The molecular weight excluding hydrogens is 281 g/mol. The van der Waals surface area contributed by atoms with E-state index in [0.717, 1.165) is 12.8 Å². The first-order valence-corrected chi connectivity index (χ1v) is 6.99. The Bertz CT molecular complexity index is 519. The third kappa shape index (κ3) is 3.81. The minimum absolute atomic E-state index is 0.0212. The summed E-state index contributed by atoms with van der Waals surface area (Å²) in [6, 6.07) is 3.64. The van der Waals surface area contributed by atoms with Crippen molar-refractivity contribution in [2.45, 2.75) is 25.3 Å². The lowest BCUT2D eigenvalue weighted by Crippen LogP contribution is -2.31. The highest BCUT2D eigenvalue weighted by Gasteiger charge is 2.18. The van der Waals surface area contributed by atoms with Gasteiger partial charge in [-0.15, -0.1) is 0 Å². The molecule has 0 aliphatic heterocycles. The van der Waals surface area contributed by atoms with Crippen LogP contribution >= 0.6 is 11.6 Å². The van der Waals surface area contributed by atoms with E-state index in [0.29, 0.717) is 12.0 Å². The first-order valence-electron chi connectivity index (χ1n) is 6.62. The molecule has 2 atom stereocenters. The molecule has 20 heavy (non-hydrogen) atoms. The summed E-state index contributed by atoms with van der Waals surface area (Å²) in [5, 5.41) is 12.1. The van der Waals surface area contributed by atoms with Crippen molar-refractivity contribution >= 4 is 17.5 Å². The Morgan fingerprint density at radius 2 is 2.35 bits per heavy atom. The molecule has 0 aromatic heterocycles. The van der Waals surface area contributed by atoms with Gasteiger partial charge in [-0.25, -0.2) is 4.39 Å². The number of benzene rings is 1. The predicted molar refractivity (Wildman–Crippen MR) is 75.9 cm³/mol. The Kier molecular flexibility index (Phi) is 5.15. The Morgan fingerprint density at radius 1 is 1.55 bits per heavy atom. The normalized spacial score (nSPS) is 19.1. The van der Waals surface area contributed by atoms with E-state index in [1.165, 1.54) is 12.1 Å². The van der Waals surface area contributed by atoms with Gasteiger partial charge in [-0.3, -0.25) is 4.79 Å². The molecule has 108 valence electrons. The van der Waals surface area contributed by atoms with Crippen LogP contribution in [-0.4, -0.2) is 17.6 Å². The molecule has 1 aliphatic rings. The number of aliphatic hydroxyl groups excluding tert-OH is 1. The van der Waals surface area contributed by atoms with Crippen molar-refractivity contribution in [2.24, 2.45) is 5.92 Å². The Morgan fingerprint density at radius 3 is 2.95 bits per heavy atom. The topological polar surface area (TPSA) is 49.3 Å². The number of nitrogens with one attached hydrogen (secondary N) is 1. The van der Waals surface area contributed by atoms with Crippen molar-refractivity contribution in [1.29, 1.82) is 0 Å². The SMILES string of the molecule is O=C(CC1C=CCC1)NC(CO)c1ccc(Cl)c(F)c1. The Hall–Kier alpha value is -1.39. The lowest BCUT2D eigenvalue weighted by molar-refractivity contribution is -0.122. The smallest absolute Gasteiger partial charge is 0.221 e. The minimum atomic E-state index is -0.611. The number of aliphatic hydroxyl groups is 1. The maximum atomic E-state index is 13.4. The van der Waals surface area contributed by atoms with Crippen LogP contribution in [0.25, 0.3) is 0 Å². The molecule has 3 nitrogen and oxygen atoms in total. The predicted octanol–water partition coefficient (Wildman–Crippen LogP) is 2.99. The van der Waals surface area contributed by atoms with Crippen molar-refractivity contribution in [2.75, 3.05) is 6.61 Å². The van der Waals surface area contributed by atoms with Crippen LogP contribution in [0, 0.1) is 11.7 Å². The molecule has 2 unspecified atom stereocenters. The van der Waals surface area contributed by atoms with Gasteiger partial charge in [0.2, 0.25) is 5.91 Å². The Labute approximate surface area is 122 Å². The summed E-state index contributed by atoms with van der Waals surface area (Å²) in [5.74, 6) is -0.442. The molecule has 1 aromatic carbocycles. The van der Waals surface area contributed by atoms with Gasteiger partial charge in [-0.05, 0) is 36.5 Å². The largest absolute Gasteiger partial charge is 0.394 e. The van der Waals surface area contributed by atoms with E-state index in [9.17, 15) is 14.3 Å². The molecule has 5 heteroatoms. The zero-order valence-corrected chi connectivity index (χ0v) is 11.7. The number of halogens is 2. The van der Waals surface area contributed by atoms with Crippen molar-refractivity contribution in [3.8, 4) is 0 Å². The zero-order chi connectivity index (χ0) is 14.5. The quantitative estimate of drug-likeness (QED) is 0.821. The van der Waals surface area contributed by atoms with Crippen LogP contribution in [0.5, 0.6) is 0 Å². The Balaban J connectivity index is 1.98. The first-order chi connectivity index (χ1) is 9.60. The highest BCUT2D eigenvalue weighted by Crippen LogP contribution is 2.22. The number of carbonyl (C=O) groups excluding carboxylic acids is 1. The molecule has 0 bridgehead atoms. The van der Waals surface area contributed by atoms with E-state index < -0.39 is 11.9 Å². The number of amides is 1. The van der Waals surface area contributed by atoms with E-state index in [-0.39, 0.29) is 23.5 Å². The summed E-state index contributed by atoms with van der Waals surface area (Å²) in [5.41, 5.74) is 0.504. The van der Waals surface area contributed by atoms with Crippen molar-refractivity contribution in [3.05, 3.63) is 46.8 Å². The summed E-state index contributed by atoms with van der Waals surface area (Å²) in [4.78, 5) is 11.9. The van der Waals surface area contributed by atoms with Crippen LogP contribution in [0.1, 0.15) is 30.9 Å². The van der Waals surface area contributed by atoms with E-state index in [1.54, 1.807) is 6.07 Å². The molecule has 0 saturated carbocycles. The van der Waals surface area contributed by atoms with Crippen LogP contribution in [-0.2, 0) is 4.79 Å². The average molecular weight is 298 g/mol. The van der Waals surface area contributed by atoms with Gasteiger partial charge in [0.25, 0.3) is 0 Å². The summed E-state index contributed by atoms with van der Waals surface area (Å²) in [7, 11) is 0. The highest BCUT2D eigenvalue weighted by molar-refractivity contribution is 6.30. The fourth-order valence-corrected chi connectivity index (χ4v) is 2.44. The van der Waals surface area contributed by atoms with Gasteiger partial charge in [0.1, 0.15) is 5.82 Å². The van der Waals surface area contributed by atoms with Gasteiger partial charge in [0.05, 0.1) is 17.7 Å². The van der Waals surface area contributed by atoms with E-state index >= 15 is 0 Å². The maximum Gasteiger partial charge on any atom is 0.221 e. The van der Waals surface area contributed by atoms with Crippen molar-refractivity contribution in [3.63, 3.8) is 0 Å². The summed E-state index contributed by atoms with van der Waals surface area (Å²) in [6.07, 6.45) is 6.48. The van der Waals surface area contributed by atoms with Crippen LogP contribution in [0.4, 0.5) is 4.39 Å². The fraction of sp³-hybridized carbons (Fsp3) is 0.400. The molecule has 2 N–H and O–H groups in total. The number of hydrogen-bond acceptors (Lipinski definition) is 2. The van der Waals surface area contributed by atoms with Crippen LogP contribution in [0.3, 0.4) is 0 Å². The molecule has 0 fully saturated rings. The lowest BCUT2D eigenvalue weighted by atomic mass is 10.0. The van der Waals surface area contributed by atoms with Gasteiger partial charge in [-0.1, -0.05) is 29.8 Å². The molecule has 1 amide bonds. The molecule has 1 aromatic rings. The molecule has 1 aliphatic carbocycles. The molecular formula is C15H17ClFNO2. The number of allylic oxidation sites excluding steroid dienone is 2. The molecule has 0 spiro atoms. The van der Waals surface area contributed by atoms with Crippen molar-refractivity contribution < 1.29 is 14.3 Å². The third-order valence-electron chi connectivity index (χ3n) is 3.42. The van der Waals surface area contributed by atoms with Gasteiger partial charge in [0, 0.05) is 6.42 Å². The second-order valence-corrected chi connectivity index (χ2v) is 5.35. The third-order valence-corrected chi connectivity index (χ3v) is 3.73. The molecule has 2 rings (SSSR count). The van der Waals surface area contributed by atoms with Crippen molar-refractivity contribution in [1.82, 2.24) is 5.32 Å². The first kappa shape index (κ1) is 15.0. The van der Waals surface area contributed by atoms with Gasteiger partial charge in [0.15, 0.2) is 0 Å². The molecule has 0 heterocycles. The standard InChI is InChI=1S/C15H17ClFNO2/c16-12-6-5-11(8-13(12)17)14(9-19)18-15(20)7-10-3-1-2-4-10/h1,3,5-6,8,10,14,19H,2,4,7,9H2,(H,18,20). The van der Waals surface area contributed by atoms with Crippen LogP contribution in [0.15, 0.2) is 30.4 Å². The average Bonchev–Trinajstić information content (AvgIpc) is 2.92.